The van der Waals surface area contributed by atoms with Gasteiger partial charge in [-0.25, -0.2) is 4.39 Å². The van der Waals surface area contributed by atoms with Gasteiger partial charge in [0.1, 0.15) is 5.82 Å². The maximum absolute atomic E-state index is 13.0. The van der Waals surface area contributed by atoms with E-state index >= 15 is 0 Å². The van der Waals surface area contributed by atoms with Crippen LogP contribution in [0, 0.1) is 5.82 Å². The van der Waals surface area contributed by atoms with Crippen molar-refractivity contribution in [1.82, 2.24) is 5.32 Å². The van der Waals surface area contributed by atoms with Crippen LogP contribution < -0.4 is 5.32 Å². The predicted molar refractivity (Wildman–Crippen MR) is 75.4 cm³/mol. The number of rotatable bonds is 5. The molecular formula is C12H15BrFNO2S. The molecule has 1 atom stereocenters. The fraction of sp³-hybridized carbons (Fsp3) is 0.417. The van der Waals surface area contributed by atoms with Crippen LogP contribution in [0.5, 0.6) is 0 Å². The largest absolute Gasteiger partial charge is 0.387 e. The number of carbonyl (C=O) groups excluding carboxylic acids is 1. The lowest BCUT2D eigenvalue weighted by Crippen LogP contribution is -2.42. The highest BCUT2D eigenvalue weighted by molar-refractivity contribution is 9.10. The van der Waals surface area contributed by atoms with Crippen molar-refractivity contribution in [2.45, 2.75) is 12.5 Å². The highest BCUT2D eigenvalue weighted by Crippen LogP contribution is 2.18. The molecule has 2 N–H and O–H groups in total. The third-order valence-corrected chi connectivity index (χ3v) is 3.86. The number of halogens is 2. The van der Waals surface area contributed by atoms with E-state index in [1.807, 2.05) is 6.26 Å². The van der Waals surface area contributed by atoms with Crippen molar-refractivity contribution in [2.75, 3.05) is 18.6 Å². The lowest BCUT2D eigenvalue weighted by Gasteiger charge is -2.22. The summed E-state index contributed by atoms with van der Waals surface area (Å²) in [6.45, 7) is 1.76. The Labute approximate surface area is 118 Å². The minimum Gasteiger partial charge on any atom is -0.387 e. The lowest BCUT2D eigenvalue weighted by atomic mass is 10.1. The predicted octanol–water partition coefficient (Wildman–Crippen LogP) is 2.43. The van der Waals surface area contributed by atoms with E-state index < -0.39 is 17.3 Å². The first kappa shape index (κ1) is 15.5. The number of hydrogen-bond acceptors (Lipinski definition) is 3. The number of nitrogens with one attached hydrogen (secondary N) is 1. The fourth-order valence-corrected chi connectivity index (χ4v) is 2.55. The molecule has 1 aromatic rings. The highest BCUT2D eigenvalue weighted by Gasteiger charge is 2.21. The standard InChI is InChI=1S/C12H15BrFNO2S/c1-12(17,7-18-2)6-15-11(16)9-5-8(14)3-4-10(9)13/h3-5,17H,6-7H2,1-2H3,(H,15,16)/t12-/m1/s1. The van der Waals surface area contributed by atoms with Gasteiger partial charge >= 0.3 is 0 Å². The molecule has 0 spiro atoms. The number of carbonyl (C=O) groups is 1. The topological polar surface area (TPSA) is 49.3 Å². The monoisotopic (exact) mass is 335 g/mol. The van der Waals surface area contributed by atoms with Gasteiger partial charge in [0.25, 0.3) is 5.91 Å². The van der Waals surface area contributed by atoms with Crippen molar-refractivity contribution >= 4 is 33.6 Å². The third-order valence-electron chi connectivity index (χ3n) is 2.26. The minimum atomic E-state index is -0.977. The summed E-state index contributed by atoms with van der Waals surface area (Å²) in [4.78, 5) is 11.8. The molecule has 0 fully saturated rings. The van der Waals surface area contributed by atoms with Gasteiger partial charge in [0.15, 0.2) is 0 Å². The van der Waals surface area contributed by atoms with E-state index in [9.17, 15) is 14.3 Å². The van der Waals surface area contributed by atoms with Crippen molar-refractivity contribution in [2.24, 2.45) is 0 Å². The van der Waals surface area contributed by atoms with Crippen molar-refractivity contribution in [3.8, 4) is 0 Å². The average molecular weight is 336 g/mol. The van der Waals surface area contributed by atoms with Gasteiger partial charge in [0.05, 0.1) is 11.2 Å². The zero-order valence-electron chi connectivity index (χ0n) is 10.2. The molecule has 1 rings (SSSR count). The van der Waals surface area contributed by atoms with Crippen LogP contribution in [0.25, 0.3) is 0 Å². The summed E-state index contributed by atoms with van der Waals surface area (Å²) in [5.41, 5.74) is -0.760. The molecule has 0 saturated carbocycles. The number of hydrogen-bond donors (Lipinski definition) is 2. The van der Waals surface area contributed by atoms with Gasteiger partial charge in [-0.15, -0.1) is 0 Å². The number of aliphatic hydroxyl groups is 1. The Kier molecular flexibility index (Phi) is 5.62. The van der Waals surface area contributed by atoms with E-state index in [0.717, 1.165) is 6.07 Å². The quantitative estimate of drug-likeness (QED) is 0.868. The first-order chi connectivity index (χ1) is 8.35. The molecule has 0 radical (unpaired) electrons. The Morgan fingerprint density at radius 2 is 2.28 bits per heavy atom. The summed E-state index contributed by atoms with van der Waals surface area (Å²) in [5, 5.41) is 12.5. The summed E-state index contributed by atoms with van der Waals surface area (Å²) in [6.07, 6.45) is 1.87. The second-order valence-corrected chi connectivity index (χ2v) is 5.96. The van der Waals surface area contributed by atoms with Crippen LogP contribution in [0.3, 0.4) is 0 Å². The van der Waals surface area contributed by atoms with E-state index in [1.165, 1.54) is 23.9 Å². The Bertz CT molecular complexity index is 440. The maximum atomic E-state index is 13.0. The van der Waals surface area contributed by atoms with Gasteiger partial charge in [-0.2, -0.15) is 11.8 Å². The van der Waals surface area contributed by atoms with Crippen molar-refractivity contribution in [3.05, 3.63) is 34.1 Å². The van der Waals surface area contributed by atoms with Gasteiger partial charge in [0.2, 0.25) is 0 Å². The van der Waals surface area contributed by atoms with Gasteiger partial charge in [-0.05, 0) is 47.3 Å². The molecule has 0 saturated heterocycles. The van der Waals surface area contributed by atoms with Crippen LogP contribution in [-0.4, -0.2) is 35.2 Å². The molecule has 0 unspecified atom stereocenters. The van der Waals surface area contributed by atoms with Crippen LogP contribution in [0.15, 0.2) is 22.7 Å². The Morgan fingerprint density at radius 3 is 2.89 bits per heavy atom. The van der Waals surface area contributed by atoms with Crippen LogP contribution in [-0.2, 0) is 0 Å². The van der Waals surface area contributed by atoms with Gasteiger partial charge in [-0.1, -0.05) is 0 Å². The first-order valence-electron chi connectivity index (χ1n) is 5.30. The minimum absolute atomic E-state index is 0.121. The van der Waals surface area contributed by atoms with Crippen molar-refractivity contribution in [1.29, 1.82) is 0 Å². The van der Waals surface area contributed by atoms with E-state index in [4.69, 9.17) is 0 Å². The molecule has 0 heterocycles. The van der Waals surface area contributed by atoms with E-state index in [-0.39, 0.29) is 12.1 Å². The summed E-state index contributed by atoms with van der Waals surface area (Å²) in [5.74, 6) is -0.376. The molecule has 0 aromatic heterocycles. The molecular weight excluding hydrogens is 321 g/mol. The summed E-state index contributed by atoms with van der Waals surface area (Å²) < 4.78 is 13.6. The number of benzene rings is 1. The molecule has 1 amide bonds. The molecule has 3 nitrogen and oxygen atoms in total. The molecule has 18 heavy (non-hydrogen) atoms. The molecule has 0 aliphatic rings. The summed E-state index contributed by atoms with van der Waals surface area (Å²) in [6, 6.07) is 3.90. The average Bonchev–Trinajstić information content (AvgIpc) is 2.29. The summed E-state index contributed by atoms with van der Waals surface area (Å²) in [7, 11) is 0. The third kappa shape index (κ3) is 4.59. The number of thioether (sulfide) groups is 1. The van der Waals surface area contributed by atoms with Gasteiger partial charge < -0.3 is 10.4 Å². The zero-order valence-corrected chi connectivity index (χ0v) is 12.6. The Morgan fingerprint density at radius 1 is 1.61 bits per heavy atom. The van der Waals surface area contributed by atoms with Crippen LogP contribution in [0.2, 0.25) is 0 Å². The normalized spacial score (nSPS) is 14.1. The maximum Gasteiger partial charge on any atom is 0.252 e. The fourth-order valence-electron chi connectivity index (χ4n) is 1.40. The molecule has 0 aliphatic carbocycles. The molecule has 6 heteroatoms. The SMILES string of the molecule is CSC[C@](C)(O)CNC(=O)c1cc(F)ccc1Br. The first-order valence-corrected chi connectivity index (χ1v) is 7.49. The van der Waals surface area contributed by atoms with Crippen molar-refractivity contribution in [3.63, 3.8) is 0 Å². The zero-order chi connectivity index (χ0) is 13.8. The smallest absolute Gasteiger partial charge is 0.252 e. The summed E-state index contributed by atoms with van der Waals surface area (Å²) >= 11 is 4.68. The van der Waals surface area contributed by atoms with Crippen LogP contribution in [0.1, 0.15) is 17.3 Å². The van der Waals surface area contributed by atoms with Gasteiger partial charge in [0, 0.05) is 16.8 Å². The molecule has 100 valence electrons. The van der Waals surface area contributed by atoms with Crippen LogP contribution in [0.4, 0.5) is 4.39 Å². The Hall–Kier alpha value is -0.590. The second kappa shape index (κ2) is 6.54. The lowest BCUT2D eigenvalue weighted by molar-refractivity contribution is 0.0724. The van der Waals surface area contributed by atoms with Crippen LogP contribution >= 0.6 is 27.7 Å². The molecule has 0 aliphatic heterocycles. The van der Waals surface area contributed by atoms with E-state index in [0.29, 0.717) is 10.2 Å². The highest BCUT2D eigenvalue weighted by atomic mass is 79.9. The number of amides is 1. The molecule has 1 aromatic carbocycles. The van der Waals surface area contributed by atoms with E-state index in [2.05, 4.69) is 21.2 Å². The Balaban J connectivity index is 2.69. The van der Waals surface area contributed by atoms with E-state index in [1.54, 1.807) is 6.92 Å². The second-order valence-electron chi connectivity index (χ2n) is 4.24. The molecule has 0 bridgehead atoms. The van der Waals surface area contributed by atoms with Crippen molar-refractivity contribution < 1.29 is 14.3 Å². The van der Waals surface area contributed by atoms with Gasteiger partial charge in [-0.3, -0.25) is 4.79 Å².